The quantitative estimate of drug-likeness (QED) is 0.721. The molecule has 0 saturated heterocycles. The van der Waals surface area contributed by atoms with Crippen LogP contribution >= 0.6 is 0 Å². The van der Waals surface area contributed by atoms with Gasteiger partial charge < -0.3 is 10.2 Å². The number of hydrogen-bond acceptors (Lipinski definition) is 2. The van der Waals surface area contributed by atoms with Crippen LogP contribution < -0.4 is 5.32 Å². The Hall–Kier alpha value is -0.860. The molecule has 0 fully saturated rings. The lowest BCUT2D eigenvalue weighted by Gasteiger charge is -2.40. The van der Waals surface area contributed by atoms with Gasteiger partial charge in [-0.25, -0.2) is 0 Å². The molecule has 0 aliphatic rings. The van der Waals surface area contributed by atoms with Crippen molar-refractivity contribution >= 4 is 0 Å². The van der Waals surface area contributed by atoms with Gasteiger partial charge in [0.25, 0.3) is 0 Å². The normalized spacial score (nSPS) is 15.2. The molecule has 0 bridgehead atoms. The summed E-state index contributed by atoms with van der Waals surface area (Å²) < 4.78 is 0. The van der Waals surface area contributed by atoms with Gasteiger partial charge in [-0.15, -0.1) is 0 Å². The fraction of sp³-hybridized carbons (Fsp3) is 0.684. The lowest BCUT2D eigenvalue weighted by atomic mass is 9.79. The standard InChI is InChI=1S/C19H34N2/c1-7-12-16(3)21(6)15-19(4,5)18(20-8-2)17-13-10-9-11-14-17/h9-11,13-14,16,18,20H,7-8,12,15H2,1-6H3. The van der Waals surface area contributed by atoms with Crippen LogP contribution in [0.25, 0.3) is 0 Å². The first-order valence-electron chi connectivity index (χ1n) is 8.41. The monoisotopic (exact) mass is 290 g/mol. The van der Waals surface area contributed by atoms with Crippen LogP contribution in [0.5, 0.6) is 0 Å². The van der Waals surface area contributed by atoms with Gasteiger partial charge in [0, 0.05) is 18.6 Å². The van der Waals surface area contributed by atoms with E-state index in [2.05, 4.69) is 82.2 Å². The second kappa shape index (κ2) is 8.55. The van der Waals surface area contributed by atoms with E-state index < -0.39 is 0 Å². The van der Waals surface area contributed by atoms with Crippen molar-refractivity contribution in [3.05, 3.63) is 35.9 Å². The van der Waals surface area contributed by atoms with E-state index in [1.54, 1.807) is 0 Å². The highest BCUT2D eigenvalue weighted by molar-refractivity contribution is 5.21. The molecule has 0 heterocycles. The van der Waals surface area contributed by atoms with Crippen LogP contribution in [0.2, 0.25) is 0 Å². The first-order valence-corrected chi connectivity index (χ1v) is 8.41. The number of hydrogen-bond donors (Lipinski definition) is 1. The molecular weight excluding hydrogens is 256 g/mol. The van der Waals surface area contributed by atoms with Crippen molar-refractivity contribution in [2.45, 2.75) is 59.5 Å². The third-order valence-corrected chi connectivity index (χ3v) is 4.44. The number of benzene rings is 1. The summed E-state index contributed by atoms with van der Waals surface area (Å²) >= 11 is 0. The van der Waals surface area contributed by atoms with Crippen molar-refractivity contribution in [1.82, 2.24) is 10.2 Å². The molecule has 1 N–H and O–H groups in total. The summed E-state index contributed by atoms with van der Waals surface area (Å²) in [6.45, 7) is 13.6. The van der Waals surface area contributed by atoms with Gasteiger partial charge in [0.15, 0.2) is 0 Å². The van der Waals surface area contributed by atoms with Crippen LogP contribution in [0.1, 0.15) is 59.1 Å². The topological polar surface area (TPSA) is 15.3 Å². The van der Waals surface area contributed by atoms with Crippen molar-refractivity contribution in [2.24, 2.45) is 5.41 Å². The van der Waals surface area contributed by atoms with Gasteiger partial charge in [0.2, 0.25) is 0 Å². The van der Waals surface area contributed by atoms with Crippen LogP contribution in [-0.2, 0) is 0 Å². The van der Waals surface area contributed by atoms with E-state index in [1.807, 2.05) is 0 Å². The third kappa shape index (κ3) is 5.44. The molecular formula is C19H34N2. The van der Waals surface area contributed by atoms with Gasteiger partial charge in [-0.05, 0) is 37.9 Å². The minimum atomic E-state index is 0.189. The maximum Gasteiger partial charge on any atom is 0.0384 e. The number of nitrogens with one attached hydrogen (secondary N) is 1. The first-order chi connectivity index (χ1) is 9.92. The largest absolute Gasteiger partial charge is 0.310 e. The molecule has 1 aromatic rings. The molecule has 0 amide bonds. The molecule has 0 spiro atoms. The van der Waals surface area contributed by atoms with Crippen LogP contribution in [0.15, 0.2) is 30.3 Å². The zero-order valence-electron chi connectivity index (χ0n) is 14.8. The molecule has 21 heavy (non-hydrogen) atoms. The molecule has 2 atom stereocenters. The number of nitrogens with zero attached hydrogens (tertiary/aromatic N) is 1. The van der Waals surface area contributed by atoms with Gasteiger partial charge >= 0.3 is 0 Å². The second-order valence-electron chi connectivity index (χ2n) is 6.94. The van der Waals surface area contributed by atoms with Gasteiger partial charge in [-0.3, -0.25) is 0 Å². The highest BCUT2D eigenvalue weighted by Crippen LogP contribution is 2.34. The van der Waals surface area contributed by atoms with Crippen LogP contribution in [0.3, 0.4) is 0 Å². The molecule has 0 aromatic heterocycles. The maximum absolute atomic E-state index is 3.69. The van der Waals surface area contributed by atoms with Crippen molar-refractivity contribution in [2.75, 3.05) is 20.1 Å². The zero-order valence-corrected chi connectivity index (χ0v) is 14.8. The maximum atomic E-state index is 3.69. The van der Waals surface area contributed by atoms with E-state index in [4.69, 9.17) is 0 Å². The molecule has 0 radical (unpaired) electrons. The second-order valence-corrected chi connectivity index (χ2v) is 6.94. The summed E-state index contributed by atoms with van der Waals surface area (Å²) in [5, 5.41) is 3.69. The van der Waals surface area contributed by atoms with Crippen molar-refractivity contribution in [3.8, 4) is 0 Å². The van der Waals surface area contributed by atoms with E-state index in [-0.39, 0.29) is 5.41 Å². The highest BCUT2D eigenvalue weighted by atomic mass is 15.1. The molecule has 2 nitrogen and oxygen atoms in total. The summed E-state index contributed by atoms with van der Waals surface area (Å²) in [6, 6.07) is 11.9. The van der Waals surface area contributed by atoms with Crippen LogP contribution in [-0.4, -0.2) is 31.1 Å². The smallest absolute Gasteiger partial charge is 0.0384 e. The van der Waals surface area contributed by atoms with Crippen molar-refractivity contribution in [3.63, 3.8) is 0 Å². The SMILES string of the molecule is CCCC(C)N(C)CC(C)(C)C(NCC)c1ccccc1. The Morgan fingerprint density at radius 1 is 1.14 bits per heavy atom. The molecule has 0 aliphatic heterocycles. The summed E-state index contributed by atoms with van der Waals surface area (Å²) in [4.78, 5) is 2.51. The lowest BCUT2D eigenvalue weighted by molar-refractivity contribution is 0.126. The summed E-state index contributed by atoms with van der Waals surface area (Å²) in [7, 11) is 2.26. The van der Waals surface area contributed by atoms with E-state index >= 15 is 0 Å². The molecule has 2 heteroatoms. The fourth-order valence-corrected chi connectivity index (χ4v) is 3.22. The van der Waals surface area contributed by atoms with Gasteiger partial charge in [0.1, 0.15) is 0 Å². The van der Waals surface area contributed by atoms with Gasteiger partial charge in [-0.1, -0.05) is 64.4 Å². The predicted molar refractivity (Wildman–Crippen MR) is 93.6 cm³/mol. The van der Waals surface area contributed by atoms with Gasteiger partial charge in [0.05, 0.1) is 0 Å². The minimum absolute atomic E-state index is 0.189. The van der Waals surface area contributed by atoms with E-state index in [0.29, 0.717) is 12.1 Å². The predicted octanol–water partition coefficient (Wildman–Crippen LogP) is 4.48. The average Bonchev–Trinajstić information content (AvgIpc) is 2.45. The molecule has 2 unspecified atom stereocenters. The number of rotatable bonds is 9. The molecule has 0 saturated carbocycles. The Morgan fingerprint density at radius 3 is 2.29 bits per heavy atom. The Labute approximate surface area is 131 Å². The fourth-order valence-electron chi connectivity index (χ4n) is 3.22. The molecule has 1 aromatic carbocycles. The minimum Gasteiger partial charge on any atom is -0.310 e. The third-order valence-electron chi connectivity index (χ3n) is 4.44. The molecule has 120 valence electrons. The molecule has 0 aliphatic carbocycles. The molecule has 1 rings (SSSR count). The van der Waals surface area contributed by atoms with E-state index in [1.165, 1.54) is 18.4 Å². The van der Waals surface area contributed by atoms with Crippen LogP contribution in [0.4, 0.5) is 0 Å². The Balaban J connectivity index is 2.85. The Morgan fingerprint density at radius 2 is 1.76 bits per heavy atom. The van der Waals surface area contributed by atoms with Crippen molar-refractivity contribution < 1.29 is 0 Å². The lowest BCUT2D eigenvalue weighted by Crippen LogP contribution is -2.44. The van der Waals surface area contributed by atoms with Crippen molar-refractivity contribution in [1.29, 1.82) is 0 Å². The zero-order chi connectivity index (χ0) is 15.9. The Kier molecular flexibility index (Phi) is 7.41. The summed E-state index contributed by atoms with van der Waals surface area (Å²) in [6.07, 6.45) is 2.52. The summed E-state index contributed by atoms with van der Waals surface area (Å²) in [5.41, 5.74) is 1.58. The average molecular weight is 290 g/mol. The first kappa shape index (κ1) is 18.2. The van der Waals surface area contributed by atoms with Gasteiger partial charge in [-0.2, -0.15) is 0 Å². The van der Waals surface area contributed by atoms with Crippen LogP contribution in [0, 0.1) is 5.41 Å². The Bertz CT molecular complexity index is 386. The highest BCUT2D eigenvalue weighted by Gasteiger charge is 2.32. The van der Waals surface area contributed by atoms with E-state index in [9.17, 15) is 0 Å². The summed E-state index contributed by atoms with van der Waals surface area (Å²) in [5.74, 6) is 0. The van der Waals surface area contributed by atoms with E-state index in [0.717, 1.165) is 13.1 Å².